The van der Waals surface area contributed by atoms with Crippen molar-refractivity contribution >= 4 is 10.9 Å². The lowest BCUT2D eigenvalue weighted by Gasteiger charge is -2.24. The molecule has 0 saturated carbocycles. The molecule has 1 saturated heterocycles. The molecule has 2 atom stereocenters. The summed E-state index contributed by atoms with van der Waals surface area (Å²) in [6.07, 6.45) is 6.97. The summed E-state index contributed by atoms with van der Waals surface area (Å²) in [7, 11) is 0. The van der Waals surface area contributed by atoms with Gasteiger partial charge in [-0.05, 0) is 43.5 Å². The molecule has 0 amide bonds. The molecule has 98 valence electrons. The summed E-state index contributed by atoms with van der Waals surface area (Å²) in [5.41, 5.74) is 4.42. The first-order chi connectivity index (χ1) is 9.36. The quantitative estimate of drug-likeness (QED) is 0.820. The Hall–Kier alpha value is -1.70. The van der Waals surface area contributed by atoms with E-state index >= 15 is 0 Å². The molecule has 0 unspecified atom stereocenters. The van der Waals surface area contributed by atoms with Crippen LogP contribution in [0.2, 0.25) is 0 Å². The Labute approximate surface area is 114 Å². The minimum absolute atomic E-state index is 0.719. The van der Waals surface area contributed by atoms with E-state index in [2.05, 4.69) is 53.3 Å². The minimum atomic E-state index is 0.719. The maximum absolute atomic E-state index is 3.64. The lowest BCUT2D eigenvalue weighted by molar-refractivity contribution is 0.417. The van der Waals surface area contributed by atoms with Crippen molar-refractivity contribution in [3.63, 3.8) is 0 Å². The van der Waals surface area contributed by atoms with Crippen molar-refractivity contribution in [2.24, 2.45) is 5.92 Å². The van der Waals surface area contributed by atoms with Gasteiger partial charge in [0.1, 0.15) is 0 Å². The molecule has 2 heteroatoms. The van der Waals surface area contributed by atoms with E-state index in [-0.39, 0.29) is 0 Å². The summed E-state index contributed by atoms with van der Waals surface area (Å²) in [5.74, 6) is 1.55. The van der Waals surface area contributed by atoms with Crippen LogP contribution in [0, 0.1) is 5.92 Å². The van der Waals surface area contributed by atoms with Gasteiger partial charge in [0.25, 0.3) is 0 Å². The van der Waals surface area contributed by atoms with E-state index in [1.54, 1.807) is 5.56 Å². The van der Waals surface area contributed by atoms with Gasteiger partial charge in [0.05, 0.1) is 0 Å². The first-order valence-corrected chi connectivity index (χ1v) is 7.33. The summed E-state index contributed by atoms with van der Waals surface area (Å²) in [5, 5.41) is 1.45. The fraction of sp³-hybridized carbons (Fsp3) is 0.412. The fourth-order valence-electron chi connectivity index (χ4n) is 4.03. The minimum Gasteiger partial charge on any atom is -0.377 e. The van der Waals surface area contributed by atoms with Crippen LogP contribution in [0.5, 0.6) is 0 Å². The second-order valence-electron chi connectivity index (χ2n) is 5.90. The lowest BCUT2D eigenvalue weighted by Crippen LogP contribution is -2.18. The monoisotopic (exact) mass is 252 g/mol. The van der Waals surface area contributed by atoms with Crippen LogP contribution in [0.4, 0.5) is 0 Å². The van der Waals surface area contributed by atoms with Crippen LogP contribution >= 0.6 is 0 Å². The fourth-order valence-corrected chi connectivity index (χ4v) is 4.03. The van der Waals surface area contributed by atoms with Crippen LogP contribution in [0.25, 0.3) is 10.9 Å². The number of nitrogens with one attached hydrogen (secondary N) is 1. The Kier molecular flexibility index (Phi) is 2.44. The number of para-hydroxylation sites is 1. The first-order valence-electron chi connectivity index (χ1n) is 7.33. The molecular weight excluding hydrogens is 232 g/mol. The molecule has 4 rings (SSSR count). The highest BCUT2D eigenvalue weighted by Crippen LogP contribution is 2.44. The third kappa shape index (κ3) is 1.62. The summed E-state index contributed by atoms with van der Waals surface area (Å²) >= 11 is 0. The van der Waals surface area contributed by atoms with Gasteiger partial charge in [0.2, 0.25) is 0 Å². The number of aromatic nitrogens is 1. The third-order valence-corrected chi connectivity index (χ3v) is 4.79. The molecule has 0 radical (unpaired) electrons. The van der Waals surface area contributed by atoms with Crippen molar-refractivity contribution in [2.75, 3.05) is 13.1 Å². The maximum Gasteiger partial charge on any atom is 0.0459 e. The topological polar surface area (TPSA) is 19.0 Å². The van der Waals surface area contributed by atoms with Crippen LogP contribution in [-0.4, -0.2) is 23.0 Å². The second-order valence-corrected chi connectivity index (χ2v) is 5.90. The van der Waals surface area contributed by atoms with E-state index in [4.69, 9.17) is 0 Å². The number of aromatic amines is 1. The number of allylic oxidation sites excluding steroid dienone is 1. The number of benzene rings is 1. The predicted octanol–water partition coefficient (Wildman–Crippen LogP) is 3.66. The molecule has 1 N–H and O–H groups in total. The Morgan fingerprint density at radius 3 is 3.05 bits per heavy atom. The zero-order valence-electron chi connectivity index (χ0n) is 11.4. The highest BCUT2D eigenvalue weighted by Gasteiger charge is 2.38. The average Bonchev–Trinajstić information content (AvgIpc) is 2.98. The van der Waals surface area contributed by atoms with Gasteiger partial charge >= 0.3 is 0 Å². The standard InChI is InChI=1S/C17H20N2/c1-2-9-19-10-12-7-8-16-17(14(12)11-19)13-5-3-4-6-15(13)18-16/h2-6,9,12,14,18H,7-8,10-11H2,1H3/t12-,14+/m1/s1. The average molecular weight is 252 g/mol. The number of aryl methyl sites for hydroxylation is 1. The van der Waals surface area contributed by atoms with E-state index in [0.29, 0.717) is 0 Å². The largest absolute Gasteiger partial charge is 0.377 e. The van der Waals surface area contributed by atoms with Crippen LogP contribution in [-0.2, 0) is 6.42 Å². The molecule has 0 spiro atoms. The molecule has 1 fully saturated rings. The molecule has 2 aliphatic rings. The van der Waals surface area contributed by atoms with Crippen molar-refractivity contribution in [1.29, 1.82) is 0 Å². The Morgan fingerprint density at radius 1 is 1.26 bits per heavy atom. The van der Waals surface area contributed by atoms with Crippen LogP contribution in [0.1, 0.15) is 30.5 Å². The zero-order chi connectivity index (χ0) is 12.8. The molecule has 19 heavy (non-hydrogen) atoms. The first kappa shape index (κ1) is 11.2. The van der Waals surface area contributed by atoms with Crippen LogP contribution < -0.4 is 0 Å². The Bertz CT molecular complexity index is 638. The molecule has 1 aromatic heterocycles. The molecule has 1 aliphatic carbocycles. The number of nitrogens with zero attached hydrogens (tertiary/aromatic N) is 1. The van der Waals surface area contributed by atoms with Crippen LogP contribution in [0.3, 0.4) is 0 Å². The third-order valence-electron chi connectivity index (χ3n) is 4.79. The lowest BCUT2D eigenvalue weighted by atomic mass is 9.79. The molecule has 2 heterocycles. The number of rotatable bonds is 1. The van der Waals surface area contributed by atoms with Gasteiger partial charge < -0.3 is 9.88 Å². The van der Waals surface area contributed by atoms with Crippen molar-refractivity contribution in [3.05, 3.63) is 47.8 Å². The van der Waals surface area contributed by atoms with E-state index in [9.17, 15) is 0 Å². The smallest absolute Gasteiger partial charge is 0.0459 e. The predicted molar refractivity (Wildman–Crippen MR) is 79.2 cm³/mol. The molecule has 1 aromatic carbocycles. The summed E-state index contributed by atoms with van der Waals surface area (Å²) < 4.78 is 0. The highest BCUT2D eigenvalue weighted by molar-refractivity contribution is 5.85. The molecule has 2 aromatic rings. The molecular formula is C17H20N2. The van der Waals surface area contributed by atoms with Crippen LogP contribution in [0.15, 0.2) is 36.5 Å². The Morgan fingerprint density at radius 2 is 2.16 bits per heavy atom. The molecule has 2 nitrogen and oxygen atoms in total. The Balaban J connectivity index is 1.81. The van der Waals surface area contributed by atoms with Gasteiger partial charge in [-0.25, -0.2) is 0 Å². The van der Waals surface area contributed by atoms with Gasteiger partial charge in [0.15, 0.2) is 0 Å². The summed E-state index contributed by atoms with van der Waals surface area (Å²) in [4.78, 5) is 6.13. The number of likely N-dealkylation sites (tertiary alicyclic amines) is 1. The number of hydrogen-bond donors (Lipinski definition) is 1. The van der Waals surface area contributed by atoms with Gasteiger partial charge in [-0.2, -0.15) is 0 Å². The van der Waals surface area contributed by atoms with Crippen molar-refractivity contribution in [3.8, 4) is 0 Å². The second kappa shape index (κ2) is 4.16. The van der Waals surface area contributed by atoms with Gasteiger partial charge in [-0.15, -0.1) is 0 Å². The SMILES string of the molecule is CC=CN1C[C@H]2CCc3[nH]c4ccccc4c3[C@H]2C1. The highest BCUT2D eigenvalue weighted by atomic mass is 15.1. The molecule has 1 aliphatic heterocycles. The zero-order valence-corrected chi connectivity index (χ0v) is 11.4. The van der Waals surface area contributed by atoms with E-state index in [1.165, 1.54) is 42.5 Å². The summed E-state index contributed by atoms with van der Waals surface area (Å²) in [6.45, 7) is 4.52. The van der Waals surface area contributed by atoms with E-state index in [1.807, 2.05) is 0 Å². The number of hydrogen-bond acceptors (Lipinski definition) is 1. The van der Waals surface area contributed by atoms with Crippen molar-refractivity contribution in [1.82, 2.24) is 9.88 Å². The number of H-pyrrole nitrogens is 1. The summed E-state index contributed by atoms with van der Waals surface area (Å²) in [6, 6.07) is 8.79. The van der Waals surface area contributed by atoms with Crippen molar-refractivity contribution in [2.45, 2.75) is 25.7 Å². The maximum atomic E-state index is 3.64. The van der Waals surface area contributed by atoms with Gasteiger partial charge in [-0.1, -0.05) is 24.3 Å². The van der Waals surface area contributed by atoms with Gasteiger partial charge in [0, 0.05) is 35.6 Å². The van der Waals surface area contributed by atoms with E-state index < -0.39 is 0 Å². The van der Waals surface area contributed by atoms with Gasteiger partial charge in [-0.3, -0.25) is 0 Å². The normalized spacial score (nSPS) is 26.1. The molecule has 0 bridgehead atoms. The van der Waals surface area contributed by atoms with E-state index in [0.717, 1.165) is 11.8 Å². The van der Waals surface area contributed by atoms with Crippen molar-refractivity contribution < 1.29 is 0 Å². The number of fused-ring (bicyclic) bond motifs is 5.